The zero-order chi connectivity index (χ0) is 10.5. The molecule has 0 aromatic carbocycles. The highest BCUT2D eigenvalue weighted by atomic mass is 32.2. The van der Waals surface area contributed by atoms with Crippen molar-refractivity contribution >= 4 is 23.5 Å². The molecular formula is C11H17NOS2. The molecule has 0 amide bonds. The molecule has 1 N–H and O–H groups in total. The molecule has 2 rings (SSSR count). The van der Waals surface area contributed by atoms with Crippen LogP contribution in [0, 0.1) is 0 Å². The lowest BCUT2D eigenvalue weighted by molar-refractivity contribution is 0.440. The molecule has 15 heavy (non-hydrogen) atoms. The minimum Gasteiger partial charge on any atom is -0.464 e. The Balaban J connectivity index is 1.77. The van der Waals surface area contributed by atoms with Crippen molar-refractivity contribution in [1.82, 2.24) is 5.32 Å². The molecule has 0 radical (unpaired) electrons. The van der Waals surface area contributed by atoms with Gasteiger partial charge in [-0.25, -0.2) is 0 Å². The first-order chi connectivity index (χ1) is 7.38. The van der Waals surface area contributed by atoms with E-state index in [9.17, 15) is 0 Å². The molecule has 1 unspecified atom stereocenters. The van der Waals surface area contributed by atoms with Crippen LogP contribution in [0.4, 0.5) is 0 Å². The molecule has 2 nitrogen and oxygen atoms in total. The predicted octanol–water partition coefficient (Wildman–Crippen LogP) is 2.74. The summed E-state index contributed by atoms with van der Waals surface area (Å²) in [6.07, 6.45) is 3.39. The highest BCUT2D eigenvalue weighted by Crippen LogP contribution is 2.18. The van der Waals surface area contributed by atoms with Crippen molar-refractivity contribution in [3.8, 4) is 0 Å². The standard InChI is InChI=1S/C11H17NOS2/c1-14-8-11-3-2-10(13-11)6-12-9-4-5-15-7-9/h2-3,9,12H,4-8H2,1H3. The average molecular weight is 243 g/mol. The molecule has 1 aromatic rings. The Morgan fingerprint density at radius 1 is 1.53 bits per heavy atom. The second kappa shape index (κ2) is 5.87. The summed E-state index contributed by atoms with van der Waals surface area (Å²) >= 11 is 3.83. The second-order valence-electron chi connectivity index (χ2n) is 3.74. The number of furan rings is 1. The van der Waals surface area contributed by atoms with E-state index in [2.05, 4.69) is 23.7 Å². The summed E-state index contributed by atoms with van der Waals surface area (Å²) in [4.78, 5) is 0. The Morgan fingerprint density at radius 2 is 2.40 bits per heavy atom. The zero-order valence-electron chi connectivity index (χ0n) is 8.99. The van der Waals surface area contributed by atoms with Gasteiger partial charge in [0.1, 0.15) is 11.5 Å². The molecule has 4 heteroatoms. The quantitative estimate of drug-likeness (QED) is 0.859. The van der Waals surface area contributed by atoms with Gasteiger partial charge >= 0.3 is 0 Å². The summed E-state index contributed by atoms with van der Waals surface area (Å²) in [5, 5.41) is 3.53. The normalized spacial score (nSPS) is 21.0. The summed E-state index contributed by atoms with van der Waals surface area (Å²) < 4.78 is 5.69. The van der Waals surface area contributed by atoms with Gasteiger partial charge in [-0.05, 0) is 30.6 Å². The molecule has 1 atom stereocenters. The molecule has 1 saturated heterocycles. The number of hydrogen-bond acceptors (Lipinski definition) is 4. The van der Waals surface area contributed by atoms with E-state index in [4.69, 9.17) is 4.42 Å². The second-order valence-corrected chi connectivity index (χ2v) is 5.76. The van der Waals surface area contributed by atoms with Crippen LogP contribution < -0.4 is 5.32 Å². The topological polar surface area (TPSA) is 25.2 Å². The number of thioether (sulfide) groups is 2. The van der Waals surface area contributed by atoms with E-state index < -0.39 is 0 Å². The summed E-state index contributed by atoms with van der Waals surface area (Å²) in [5.74, 6) is 5.67. The maximum Gasteiger partial charge on any atom is 0.118 e. The van der Waals surface area contributed by atoms with Gasteiger partial charge in [-0.3, -0.25) is 0 Å². The lowest BCUT2D eigenvalue weighted by Crippen LogP contribution is -2.27. The smallest absolute Gasteiger partial charge is 0.118 e. The van der Waals surface area contributed by atoms with Gasteiger partial charge in [0.15, 0.2) is 0 Å². The fourth-order valence-corrected chi connectivity index (χ4v) is 3.30. The summed E-state index contributed by atoms with van der Waals surface area (Å²) in [5.41, 5.74) is 0. The Kier molecular flexibility index (Phi) is 4.47. The highest BCUT2D eigenvalue weighted by molar-refractivity contribution is 7.99. The van der Waals surface area contributed by atoms with Gasteiger partial charge in [-0.1, -0.05) is 0 Å². The Morgan fingerprint density at radius 3 is 3.13 bits per heavy atom. The van der Waals surface area contributed by atoms with Crippen molar-refractivity contribution in [3.63, 3.8) is 0 Å². The van der Waals surface area contributed by atoms with Crippen molar-refractivity contribution in [2.75, 3.05) is 17.8 Å². The highest BCUT2D eigenvalue weighted by Gasteiger charge is 2.14. The van der Waals surface area contributed by atoms with E-state index in [1.165, 1.54) is 17.9 Å². The van der Waals surface area contributed by atoms with Crippen LogP contribution in [0.15, 0.2) is 16.5 Å². The van der Waals surface area contributed by atoms with Crippen LogP contribution in [-0.4, -0.2) is 23.8 Å². The average Bonchev–Trinajstić information content (AvgIpc) is 2.85. The third-order valence-electron chi connectivity index (χ3n) is 2.50. The predicted molar refractivity (Wildman–Crippen MR) is 68.5 cm³/mol. The molecule has 1 fully saturated rings. The van der Waals surface area contributed by atoms with Crippen LogP contribution in [-0.2, 0) is 12.3 Å². The molecule has 0 bridgehead atoms. The van der Waals surface area contributed by atoms with E-state index >= 15 is 0 Å². The first-order valence-corrected chi connectivity index (χ1v) is 7.81. The summed E-state index contributed by atoms with van der Waals surface area (Å²) in [6, 6.07) is 4.85. The third kappa shape index (κ3) is 3.47. The monoisotopic (exact) mass is 243 g/mol. The Labute approximate surface area is 99.6 Å². The first-order valence-electron chi connectivity index (χ1n) is 5.26. The van der Waals surface area contributed by atoms with Crippen molar-refractivity contribution in [2.24, 2.45) is 0 Å². The van der Waals surface area contributed by atoms with Crippen LogP contribution in [0.25, 0.3) is 0 Å². The fourth-order valence-electron chi connectivity index (χ4n) is 1.68. The van der Waals surface area contributed by atoms with Crippen LogP contribution in [0.2, 0.25) is 0 Å². The molecular weight excluding hydrogens is 226 g/mol. The van der Waals surface area contributed by atoms with Crippen molar-refractivity contribution in [2.45, 2.75) is 24.8 Å². The maximum absolute atomic E-state index is 5.69. The SMILES string of the molecule is CSCc1ccc(CNC2CCSC2)o1. The van der Waals surface area contributed by atoms with Crippen molar-refractivity contribution in [3.05, 3.63) is 23.7 Å². The third-order valence-corrected chi connectivity index (χ3v) is 4.23. The maximum atomic E-state index is 5.69. The van der Waals surface area contributed by atoms with E-state index in [1.807, 2.05) is 11.8 Å². The van der Waals surface area contributed by atoms with Crippen LogP contribution in [0.3, 0.4) is 0 Å². The van der Waals surface area contributed by atoms with Gasteiger partial charge in [0.2, 0.25) is 0 Å². The lowest BCUT2D eigenvalue weighted by atomic mass is 10.2. The Bertz CT molecular complexity index is 295. The van der Waals surface area contributed by atoms with Gasteiger partial charge in [0.05, 0.1) is 12.3 Å². The largest absolute Gasteiger partial charge is 0.464 e. The summed E-state index contributed by atoms with van der Waals surface area (Å²) in [7, 11) is 0. The molecule has 1 aliphatic rings. The van der Waals surface area contributed by atoms with Crippen LogP contribution in [0.5, 0.6) is 0 Å². The fraction of sp³-hybridized carbons (Fsp3) is 0.636. The van der Waals surface area contributed by atoms with Crippen molar-refractivity contribution in [1.29, 1.82) is 0 Å². The minimum atomic E-state index is 0.684. The van der Waals surface area contributed by atoms with E-state index in [-0.39, 0.29) is 0 Å². The number of nitrogens with one attached hydrogen (secondary N) is 1. The molecule has 0 spiro atoms. The van der Waals surface area contributed by atoms with Gasteiger partial charge in [0.25, 0.3) is 0 Å². The molecule has 1 aliphatic heterocycles. The van der Waals surface area contributed by atoms with Crippen LogP contribution in [0.1, 0.15) is 17.9 Å². The van der Waals surface area contributed by atoms with E-state index in [0.29, 0.717) is 6.04 Å². The molecule has 1 aromatic heterocycles. The van der Waals surface area contributed by atoms with Crippen molar-refractivity contribution < 1.29 is 4.42 Å². The Hall–Kier alpha value is -0.0600. The van der Waals surface area contributed by atoms with Crippen LogP contribution >= 0.6 is 23.5 Å². The molecule has 2 heterocycles. The number of hydrogen-bond donors (Lipinski definition) is 1. The minimum absolute atomic E-state index is 0.684. The van der Waals surface area contributed by atoms with E-state index in [0.717, 1.165) is 23.8 Å². The molecule has 0 saturated carbocycles. The first kappa shape index (κ1) is 11.4. The van der Waals surface area contributed by atoms with Gasteiger partial charge in [-0.15, -0.1) is 0 Å². The molecule has 84 valence electrons. The molecule has 0 aliphatic carbocycles. The zero-order valence-corrected chi connectivity index (χ0v) is 10.6. The lowest BCUT2D eigenvalue weighted by Gasteiger charge is -2.08. The summed E-state index contributed by atoms with van der Waals surface area (Å²) in [6.45, 7) is 0.875. The van der Waals surface area contributed by atoms with E-state index in [1.54, 1.807) is 11.8 Å². The number of rotatable bonds is 5. The van der Waals surface area contributed by atoms with Gasteiger partial charge in [0, 0.05) is 11.8 Å². The van der Waals surface area contributed by atoms with Gasteiger partial charge < -0.3 is 9.73 Å². The van der Waals surface area contributed by atoms with Gasteiger partial charge in [-0.2, -0.15) is 23.5 Å².